The molecule has 0 heterocycles. The smallest absolute Gasteiger partial charge is 0.254 e. The number of nitrogens with zero attached hydrogens (tertiary/aromatic N) is 1. The van der Waals surface area contributed by atoms with Crippen molar-refractivity contribution in [1.82, 2.24) is 4.90 Å². The van der Waals surface area contributed by atoms with E-state index in [0.717, 1.165) is 18.4 Å². The first-order valence-corrected chi connectivity index (χ1v) is 7.88. The first-order chi connectivity index (χ1) is 10.6. The quantitative estimate of drug-likeness (QED) is 0.856. The molecule has 4 heteroatoms. The van der Waals surface area contributed by atoms with E-state index in [9.17, 15) is 4.79 Å². The molecule has 2 aromatic carbocycles. The summed E-state index contributed by atoms with van der Waals surface area (Å²) in [5.74, 6) is 0.0601. The molecule has 0 aromatic heterocycles. The average molecular weight is 315 g/mol. The van der Waals surface area contributed by atoms with E-state index in [4.69, 9.17) is 17.3 Å². The monoisotopic (exact) mass is 314 g/mol. The molecule has 1 atom stereocenters. The number of amides is 1. The van der Waals surface area contributed by atoms with Crippen LogP contribution in [0.2, 0.25) is 5.02 Å². The molecule has 2 aromatic rings. The Morgan fingerprint density at radius 3 is 2.27 bits per heavy atom. The zero-order valence-corrected chi connectivity index (χ0v) is 13.3. The van der Waals surface area contributed by atoms with Gasteiger partial charge in [-0.2, -0.15) is 0 Å². The van der Waals surface area contributed by atoms with E-state index in [1.54, 1.807) is 24.3 Å². The molecule has 2 N–H and O–H groups in total. The first-order valence-electron chi connectivity index (χ1n) is 7.50. The molecule has 0 bridgehead atoms. The standard InChI is InChI=1S/C18H19ClN2O/c1-12(13-2-6-15(19)7-3-13)21(17-10-11-17)18(22)14-4-8-16(20)9-5-14/h2-9,12,17H,10-11,20H2,1H3. The van der Waals surface area contributed by atoms with E-state index >= 15 is 0 Å². The third-order valence-corrected chi connectivity index (χ3v) is 4.35. The second-order valence-corrected chi connectivity index (χ2v) is 6.23. The van der Waals surface area contributed by atoms with Crippen LogP contribution >= 0.6 is 11.6 Å². The molecule has 0 saturated heterocycles. The van der Waals surface area contributed by atoms with Crippen molar-refractivity contribution in [1.29, 1.82) is 0 Å². The summed E-state index contributed by atoms with van der Waals surface area (Å²) in [7, 11) is 0. The van der Waals surface area contributed by atoms with E-state index in [1.165, 1.54) is 0 Å². The number of carbonyl (C=O) groups excluding carboxylic acids is 1. The molecular weight excluding hydrogens is 296 g/mol. The van der Waals surface area contributed by atoms with E-state index < -0.39 is 0 Å². The highest BCUT2D eigenvalue weighted by Crippen LogP contribution is 2.36. The predicted octanol–water partition coefficient (Wildman–Crippen LogP) is 4.29. The Kier molecular flexibility index (Phi) is 4.08. The lowest BCUT2D eigenvalue weighted by molar-refractivity contribution is 0.0674. The first kappa shape index (κ1) is 14.9. The molecular formula is C18H19ClN2O. The number of nitrogen functional groups attached to an aromatic ring is 1. The number of carbonyl (C=O) groups is 1. The van der Waals surface area contributed by atoms with Crippen LogP contribution in [0.25, 0.3) is 0 Å². The van der Waals surface area contributed by atoms with Crippen LogP contribution in [0.3, 0.4) is 0 Å². The van der Waals surface area contributed by atoms with Crippen LogP contribution in [0.1, 0.15) is 41.7 Å². The van der Waals surface area contributed by atoms with Crippen LogP contribution in [-0.4, -0.2) is 16.8 Å². The number of halogens is 1. The minimum absolute atomic E-state index is 0.0230. The highest BCUT2D eigenvalue weighted by molar-refractivity contribution is 6.30. The van der Waals surface area contributed by atoms with Crippen LogP contribution in [0, 0.1) is 0 Å². The van der Waals surface area contributed by atoms with Gasteiger partial charge in [-0.05, 0) is 61.7 Å². The van der Waals surface area contributed by atoms with Crippen LogP contribution < -0.4 is 5.73 Å². The van der Waals surface area contributed by atoms with Crippen LogP contribution in [-0.2, 0) is 0 Å². The fourth-order valence-corrected chi connectivity index (χ4v) is 2.81. The second-order valence-electron chi connectivity index (χ2n) is 5.79. The zero-order chi connectivity index (χ0) is 15.7. The maximum atomic E-state index is 12.9. The molecule has 1 unspecified atom stereocenters. The minimum Gasteiger partial charge on any atom is -0.399 e. The van der Waals surface area contributed by atoms with Crippen LogP contribution in [0.4, 0.5) is 5.69 Å². The van der Waals surface area contributed by atoms with Crippen molar-refractivity contribution in [2.75, 3.05) is 5.73 Å². The summed E-state index contributed by atoms with van der Waals surface area (Å²) in [6.45, 7) is 2.07. The normalized spacial score (nSPS) is 15.4. The zero-order valence-electron chi connectivity index (χ0n) is 12.5. The molecule has 1 amide bonds. The maximum absolute atomic E-state index is 12.9. The molecule has 0 spiro atoms. The molecule has 1 aliphatic carbocycles. The Labute approximate surface area is 135 Å². The van der Waals surface area contributed by atoms with Crippen LogP contribution in [0.5, 0.6) is 0 Å². The van der Waals surface area contributed by atoms with Crippen molar-refractivity contribution in [3.8, 4) is 0 Å². The molecule has 114 valence electrons. The Hall–Kier alpha value is -2.00. The average Bonchev–Trinajstić information content (AvgIpc) is 3.33. The number of hydrogen-bond donors (Lipinski definition) is 1. The number of anilines is 1. The van der Waals surface area contributed by atoms with Gasteiger partial charge in [0.05, 0.1) is 6.04 Å². The van der Waals surface area contributed by atoms with Crippen molar-refractivity contribution >= 4 is 23.2 Å². The fourth-order valence-electron chi connectivity index (χ4n) is 2.69. The van der Waals surface area contributed by atoms with Gasteiger partial charge in [0, 0.05) is 22.3 Å². The van der Waals surface area contributed by atoms with Gasteiger partial charge < -0.3 is 10.6 Å². The summed E-state index contributed by atoms with van der Waals surface area (Å²) in [5, 5.41) is 0.707. The van der Waals surface area contributed by atoms with E-state index in [0.29, 0.717) is 22.3 Å². The molecule has 1 fully saturated rings. The highest BCUT2D eigenvalue weighted by Gasteiger charge is 2.36. The van der Waals surface area contributed by atoms with Crippen molar-refractivity contribution in [2.45, 2.75) is 31.8 Å². The lowest BCUT2D eigenvalue weighted by Gasteiger charge is -2.30. The summed E-state index contributed by atoms with van der Waals surface area (Å²) in [6.07, 6.45) is 2.14. The molecule has 0 radical (unpaired) electrons. The molecule has 3 rings (SSSR count). The van der Waals surface area contributed by atoms with Gasteiger partial charge in [0.15, 0.2) is 0 Å². The third kappa shape index (κ3) is 3.09. The number of hydrogen-bond acceptors (Lipinski definition) is 2. The SMILES string of the molecule is CC(c1ccc(Cl)cc1)N(C(=O)c1ccc(N)cc1)C1CC1. The van der Waals surface area contributed by atoms with Crippen molar-refractivity contribution < 1.29 is 4.79 Å². The Morgan fingerprint density at radius 1 is 1.14 bits per heavy atom. The van der Waals surface area contributed by atoms with Gasteiger partial charge in [-0.15, -0.1) is 0 Å². The van der Waals surface area contributed by atoms with Crippen molar-refractivity contribution in [3.05, 3.63) is 64.7 Å². The molecule has 1 saturated carbocycles. The molecule has 0 aliphatic heterocycles. The summed E-state index contributed by atoms with van der Waals surface area (Å²) in [6, 6.07) is 15.2. The topological polar surface area (TPSA) is 46.3 Å². The predicted molar refractivity (Wildman–Crippen MR) is 89.9 cm³/mol. The highest BCUT2D eigenvalue weighted by atomic mass is 35.5. The largest absolute Gasteiger partial charge is 0.399 e. The Morgan fingerprint density at radius 2 is 1.73 bits per heavy atom. The summed E-state index contributed by atoms with van der Waals surface area (Å²) in [5.41, 5.74) is 8.15. The lowest BCUT2D eigenvalue weighted by atomic mass is 10.0. The van der Waals surface area contributed by atoms with Gasteiger partial charge in [0.1, 0.15) is 0 Å². The fraction of sp³-hybridized carbons (Fsp3) is 0.278. The maximum Gasteiger partial charge on any atom is 0.254 e. The Bertz CT molecular complexity index is 662. The van der Waals surface area contributed by atoms with Crippen molar-refractivity contribution in [3.63, 3.8) is 0 Å². The summed E-state index contributed by atoms with van der Waals surface area (Å²) < 4.78 is 0. The lowest BCUT2D eigenvalue weighted by Crippen LogP contribution is -2.35. The van der Waals surface area contributed by atoms with Gasteiger partial charge in [-0.25, -0.2) is 0 Å². The van der Waals surface area contributed by atoms with E-state index in [2.05, 4.69) is 6.92 Å². The summed E-state index contributed by atoms with van der Waals surface area (Å²) >= 11 is 5.95. The van der Waals surface area contributed by atoms with Gasteiger partial charge in [0.25, 0.3) is 5.91 Å². The van der Waals surface area contributed by atoms with E-state index in [1.807, 2.05) is 29.2 Å². The van der Waals surface area contributed by atoms with Gasteiger partial charge in [0.2, 0.25) is 0 Å². The van der Waals surface area contributed by atoms with Crippen molar-refractivity contribution in [2.24, 2.45) is 0 Å². The second kappa shape index (κ2) is 6.01. The number of rotatable bonds is 4. The van der Waals surface area contributed by atoms with Crippen LogP contribution in [0.15, 0.2) is 48.5 Å². The third-order valence-electron chi connectivity index (χ3n) is 4.10. The Balaban J connectivity index is 1.87. The van der Waals surface area contributed by atoms with Gasteiger partial charge in [-0.1, -0.05) is 23.7 Å². The minimum atomic E-state index is 0.0230. The molecule has 22 heavy (non-hydrogen) atoms. The van der Waals surface area contributed by atoms with Gasteiger partial charge in [-0.3, -0.25) is 4.79 Å². The summed E-state index contributed by atoms with van der Waals surface area (Å²) in [4.78, 5) is 14.9. The number of nitrogens with two attached hydrogens (primary N) is 1. The molecule has 1 aliphatic rings. The van der Waals surface area contributed by atoms with E-state index in [-0.39, 0.29) is 11.9 Å². The number of benzene rings is 2. The van der Waals surface area contributed by atoms with Gasteiger partial charge >= 0.3 is 0 Å². The molecule has 3 nitrogen and oxygen atoms in total.